The number of anilines is 1. The van der Waals surface area contributed by atoms with Gasteiger partial charge in [0, 0.05) is 56.5 Å². The van der Waals surface area contributed by atoms with Gasteiger partial charge >= 0.3 is 0 Å². The fourth-order valence-electron chi connectivity index (χ4n) is 6.42. The van der Waals surface area contributed by atoms with Crippen molar-refractivity contribution in [3.63, 3.8) is 0 Å². The van der Waals surface area contributed by atoms with Gasteiger partial charge in [-0.2, -0.15) is 0 Å². The summed E-state index contributed by atoms with van der Waals surface area (Å²) >= 11 is 0. The third-order valence-corrected chi connectivity index (χ3v) is 10.7. The van der Waals surface area contributed by atoms with Crippen LogP contribution >= 0.6 is 0 Å². The lowest BCUT2D eigenvalue weighted by atomic mass is 9.88. The Morgan fingerprint density at radius 2 is 1.58 bits per heavy atom. The molecule has 4 unspecified atom stereocenters. The molecule has 0 bridgehead atoms. The van der Waals surface area contributed by atoms with E-state index in [0.29, 0.717) is 38.2 Å². The highest BCUT2D eigenvalue weighted by Crippen LogP contribution is 2.35. The van der Waals surface area contributed by atoms with Gasteiger partial charge in [-0.1, -0.05) is 79.9 Å². The summed E-state index contributed by atoms with van der Waals surface area (Å²) in [5, 5.41) is 9.30. The summed E-state index contributed by atoms with van der Waals surface area (Å²) in [6, 6.07) is 6.19. The van der Waals surface area contributed by atoms with Gasteiger partial charge in [0.05, 0.1) is 18.2 Å². The minimum Gasteiger partial charge on any atom is -0.396 e. The van der Waals surface area contributed by atoms with Crippen LogP contribution in [-0.4, -0.2) is 78.3 Å². The van der Waals surface area contributed by atoms with Crippen molar-refractivity contribution in [1.29, 1.82) is 0 Å². The fraction of sp³-hybridized carbons (Fsp3) is 0.744. The number of aliphatic hydroxyl groups is 1. The highest BCUT2D eigenvalue weighted by atomic mass is 19.3. The van der Waals surface area contributed by atoms with Crippen molar-refractivity contribution in [2.24, 2.45) is 28.5 Å². The summed E-state index contributed by atoms with van der Waals surface area (Å²) in [5.74, 6) is -1.74. The summed E-state index contributed by atoms with van der Waals surface area (Å²) in [5.41, 5.74) is 9.84. The molecule has 1 aliphatic heterocycles. The number of allylic oxidation sites excluding steroid dienone is 2. The Bertz CT molecular complexity index is 1310. The number of carbonyl (C=O) groups is 2. The Morgan fingerprint density at radius 1 is 0.943 bits per heavy atom. The van der Waals surface area contributed by atoms with Gasteiger partial charge in [-0.05, 0) is 87.3 Å². The third kappa shape index (κ3) is 17.9. The molecule has 10 heteroatoms. The molecule has 2 fully saturated rings. The number of aliphatic imine (C=N–C) groups is 1. The molecule has 304 valence electrons. The number of ketones is 1. The number of hydrogen-bond acceptors (Lipinski definition) is 6. The first-order valence-corrected chi connectivity index (χ1v) is 20.2. The standard InChI is InChI=1S/C23H30F2N4O2.C11H23F.C9H20O/c1-15-5-4-6-20(16(15)2)28-9-11-29(12-10-28)21(31)14-27-19-13-23(24,25)8-7-18(19)22(26)17(3)30;1-5-9(3)7-8-10(4)11(12)6-2;1-4-5-9(10)7-6-8(2)3/h4-6H,7-14,26H2,1-3H3;9-11H,5-8H2,1-4H3;8-10H,4-7H2,1-3H3/b22-18-,27-19?;;. The average Bonchev–Trinajstić information content (AvgIpc) is 3.12. The zero-order valence-electron chi connectivity index (χ0n) is 34.7. The van der Waals surface area contributed by atoms with Crippen LogP contribution in [0.5, 0.6) is 0 Å². The second-order valence-electron chi connectivity index (χ2n) is 15.7. The SMILES string of the molecule is CC(=O)/C(N)=C1\CCC(F)(F)CC1=NCC(=O)N1CCN(c2cccc(C)c2C)CC1.CCC(C)CCC(C)C(F)CC.CCCC(O)CCC(C)C. The zero-order valence-corrected chi connectivity index (χ0v) is 34.7. The average molecular weight is 751 g/mol. The number of amides is 1. The second-order valence-corrected chi connectivity index (χ2v) is 15.7. The number of Topliss-reactive ketones (excluding diaryl/α,β-unsaturated/α-hetero) is 1. The molecular formula is C43H73F3N4O3. The van der Waals surface area contributed by atoms with Crippen LogP contribution in [-0.2, 0) is 9.59 Å². The monoisotopic (exact) mass is 751 g/mol. The van der Waals surface area contributed by atoms with Crippen LogP contribution in [0.4, 0.5) is 18.9 Å². The number of benzene rings is 1. The quantitative estimate of drug-likeness (QED) is 0.174. The van der Waals surface area contributed by atoms with Gasteiger partial charge in [0.1, 0.15) is 12.7 Å². The number of piperazine rings is 1. The molecule has 1 aliphatic carbocycles. The summed E-state index contributed by atoms with van der Waals surface area (Å²) in [6.45, 7) is 22.6. The highest BCUT2D eigenvalue weighted by Gasteiger charge is 2.38. The number of alkyl halides is 3. The van der Waals surface area contributed by atoms with Crippen LogP contribution in [0.25, 0.3) is 0 Å². The molecule has 4 atom stereocenters. The Hall–Kier alpha value is -2.88. The van der Waals surface area contributed by atoms with E-state index in [9.17, 15) is 27.9 Å². The van der Waals surface area contributed by atoms with Gasteiger partial charge in [0.25, 0.3) is 5.92 Å². The lowest BCUT2D eigenvalue weighted by molar-refractivity contribution is -0.129. The molecule has 7 nitrogen and oxygen atoms in total. The van der Waals surface area contributed by atoms with Crippen molar-refractivity contribution in [1.82, 2.24) is 4.90 Å². The molecular weight excluding hydrogens is 677 g/mol. The van der Waals surface area contributed by atoms with Crippen LogP contribution in [0.1, 0.15) is 137 Å². The van der Waals surface area contributed by atoms with Gasteiger partial charge in [-0.3, -0.25) is 14.6 Å². The van der Waals surface area contributed by atoms with Crippen LogP contribution < -0.4 is 10.6 Å². The molecule has 53 heavy (non-hydrogen) atoms. The van der Waals surface area contributed by atoms with Gasteiger partial charge in [-0.15, -0.1) is 0 Å². The van der Waals surface area contributed by atoms with Crippen LogP contribution in [0.15, 0.2) is 34.5 Å². The van der Waals surface area contributed by atoms with Crippen molar-refractivity contribution < 1.29 is 27.9 Å². The second kappa shape index (κ2) is 24.5. The van der Waals surface area contributed by atoms with E-state index in [-0.39, 0.29) is 54.5 Å². The van der Waals surface area contributed by atoms with Gasteiger partial charge < -0.3 is 20.6 Å². The number of nitrogens with zero attached hydrogens (tertiary/aromatic N) is 3. The Morgan fingerprint density at radius 3 is 2.13 bits per heavy atom. The van der Waals surface area contributed by atoms with Crippen LogP contribution in [0, 0.1) is 31.6 Å². The van der Waals surface area contributed by atoms with Crippen molar-refractivity contribution in [3.8, 4) is 0 Å². The molecule has 3 rings (SSSR count). The van der Waals surface area contributed by atoms with E-state index < -0.39 is 18.5 Å². The molecule has 2 aliphatic rings. The van der Waals surface area contributed by atoms with E-state index in [1.54, 1.807) is 4.90 Å². The van der Waals surface area contributed by atoms with E-state index in [1.807, 2.05) is 19.9 Å². The fourth-order valence-corrected chi connectivity index (χ4v) is 6.42. The van der Waals surface area contributed by atoms with E-state index in [1.165, 1.54) is 36.6 Å². The first kappa shape index (κ1) is 48.1. The van der Waals surface area contributed by atoms with Gasteiger partial charge in [0.15, 0.2) is 5.78 Å². The molecule has 1 aromatic carbocycles. The molecule has 0 spiro atoms. The maximum absolute atomic E-state index is 13.9. The van der Waals surface area contributed by atoms with Gasteiger partial charge in [-0.25, -0.2) is 13.2 Å². The molecule has 1 saturated carbocycles. The molecule has 1 amide bonds. The Balaban J connectivity index is 0.000000524. The van der Waals surface area contributed by atoms with Crippen molar-refractivity contribution in [3.05, 3.63) is 40.6 Å². The van der Waals surface area contributed by atoms with E-state index in [2.05, 4.69) is 70.5 Å². The predicted octanol–water partition coefficient (Wildman–Crippen LogP) is 9.79. The van der Waals surface area contributed by atoms with Crippen LogP contribution in [0.2, 0.25) is 0 Å². The maximum atomic E-state index is 13.9. The maximum Gasteiger partial charge on any atom is 0.253 e. The lowest BCUT2D eigenvalue weighted by Crippen LogP contribution is -2.49. The molecule has 3 N–H and O–H groups in total. The predicted molar refractivity (Wildman–Crippen MR) is 216 cm³/mol. The Kier molecular flexibility index (Phi) is 22.3. The van der Waals surface area contributed by atoms with E-state index >= 15 is 0 Å². The Labute approximate surface area is 320 Å². The number of carbonyl (C=O) groups excluding carboxylic acids is 2. The molecule has 0 aromatic heterocycles. The minimum atomic E-state index is -2.90. The first-order valence-electron chi connectivity index (χ1n) is 20.2. The van der Waals surface area contributed by atoms with E-state index in [4.69, 9.17) is 5.73 Å². The van der Waals surface area contributed by atoms with Crippen molar-refractivity contribution in [2.45, 2.75) is 158 Å². The smallest absolute Gasteiger partial charge is 0.253 e. The summed E-state index contributed by atoms with van der Waals surface area (Å²) < 4.78 is 40.9. The van der Waals surface area contributed by atoms with Crippen molar-refractivity contribution in [2.75, 3.05) is 37.6 Å². The number of halogens is 3. The number of rotatable bonds is 15. The summed E-state index contributed by atoms with van der Waals surface area (Å²) in [7, 11) is 0. The summed E-state index contributed by atoms with van der Waals surface area (Å²) in [6.07, 6.45) is 6.69. The molecule has 1 aromatic rings. The molecule has 1 heterocycles. The van der Waals surface area contributed by atoms with Crippen LogP contribution in [0.3, 0.4) is 0 Å². The third-order valence-electron chi connectivity index (χ3n) is 10.7. The normalized spacial score (nSPS) is 19.7. The largest absolute Gasteiger partial charge is 0.396 e. The van der Waals surface area contributed by atoms with E-state index in [0.717, 1.165) is 43.9 Å². The van der Waals surface area contributed by atoms with Crippen molar-refractivity contribution >= 4 is 23.1 Å². The molecule has 1 saturated heterocycles. The highest BCUT2D eigenvalue weighted by molar-refractivity contribution is 6.09. The summed E-state index contributed by atoms with van der Waals surface area (Å²) in [4.78, 5) is 32.5. The minimum absolute atomic E-state index is 0.0139. The zero-order chi connectivity index (χ0) is 40.3. The first-order chi connectivity index (χ1) is 24.9. The topological polar surface area (TPSA) is 99.2 Å². The van der Waals surface area contributed by atoms with Gasteiger partial charge in [0.2, 0.25) is 5.91 Å². The molecule has 0 radical (unpaired) electrons. The number of nitrogens with two attached hydrogens (primary N) is 1. The number of aliphatic hydroxyl groups excluding tert-OH is 1. The number of hydrogen-bond donors (Lipinski definition) is 2. The number of aryl methyl sites for hydroxylation is 1. The lowest BCUT2D eigenvalue weighted by Gasteiger charge is -2.37.